The molecule has 2 aromatic rings. The second kappa shape index (κ2) is 7.13. The van der Waals surface area contributed by atoms with Gasteiger partial charge in [-0.25, -0.2) is 9.97 Å². The van der Waals surface area contributed by atoms with Gasteiger partial charge in [-0.3, -0.25) is 4.79 Å². The molecule has 1 saturated heterocycles. The van der Waals surface area contributed by atoms with Crippen LogP contribution in [0.15, 0.2) is 24.5 Å². The van der Waals surface area contributed by atoms with Crippen LogP contribution in [0.5, 0.6) is 0 Å². The Morgan fingerprint density at radius 2 is 2.00 bits per heavy atom. The number of hydrogen-bond acceptors (Lipinski definition) is 5. The summed E-state index contributed by atoms with van der Waals surface area (Å²) in [6.45, 7) is 8.63. The Morgan fingerprint density at radius 1 is 1.25 bits per heavy atom. The van der Waals surface area contributed by atoms with Crippen LogP contribution in [0.3, 0.4) is 0 Å². The molecule has 0 spiro atoms. The second-order valence-corrected chi connectivity index (χ2v) is 6.49. The third-order valence-corrected chi connectivity index (χ3v) is 4.42. The lowest BCUT2D eigenvalue weighted by Crippen LogP contribution is -2.50. The molecular formula is C18H24N4O2. The number of benzene rings is 1. The van der Waals surface area contributed by atoms with Crippen molar-refractivity contribution in [2.24, 2.45) is 5.92 Å². The van der Waals surface area contributed by atoms with Crippen molar-refractivity contribution in [1.29, 1.82) is 0 Å². The maximum absolute atomic E-state index is 12.9. The molecule has 1 unspecified atom stereocenters. The van der Waals surface area contributed by atoms with Gasteiger partial charge in [-0.05, 0) is 24.5 Å². The number of anilines is 1. The first-order chi connectivity index (χ1) is 11.6. The number of aromatic nitrogens is 2. The van der Waals surface area contributed by atoms with Crippen molar-refractivity contribution in [2.45, 2.75) is 26.8 Å². The fraction of sp³-hybridized carbons (Fsp3) is 0.500. The summed E-state index contributed by atoms with van der Waals surface area (Å²) in [6.07, 6.45) is 1.54. The fourth-order valence-electron chi connectivity index (χ4n) is 3.03. The van der Waals surface area contributed by atoms with Gasteiger partial charge in [0.1, 0.15) is 18.2 Å². The lowest BCUT2D eigenvalue weighted by atomic mass is 10.0. The van der Waals surface area contributed by atoms with Crippen LogP contribution in [0.25, 0.3) is 10.9 Å². The number of amides is 1. The molecule has 0 bridgehead atoms. The largest absolute Gasteiger partial charge is 0.378 e. The molecule has 1 aliphatic rings. The van der Waals surface area contributed by atoms with Gasteiger partial charge in [0.25, 0.3) is 0 Å². The summed E-state index contributed by atoms with van der Waals surface area (Å²) in [5, 5.41) is 4.35. The third-order valence-electron chi connectivity index (χ3n) is 4.42. The van der Waals surface area contributed by atoms with Crippen LogP contribution in [-0.2, 0) is 9.53 Å². The van der Waals surface area contributed by atoms with Gasteiger partial charge in [-0.15, -0.1) is 0 Å². The number of nitrogens with zero attached hydrogens (tertiary/aromatic N) is 3. The lowest BCUT2D eigenvalue weighted by molar-refractivity contribution is -0.137. The summed E-state index contributed by atoms with van der Waals surface area (Å²) in [5.74, 6) is 0.974. The van der Waals surface area contributed by atoms with Gasteiger partial charge in [-0.2, -0.15) is 0 Å². The van der Waals surface area contributed by atoms with Crippen LogP contribution in [-0.4, -0.2) is 53.1 Å². The van der Waals surface area contributed by atoms with E-state index in [1.807, 2.05) is 43.9 Å². The summed E-state index contributed by atoms with van der Waals surface area (Å²) < 4.78 is 5.35. The average molecular weight is 328 g/mol. The van der Waals surface area contributed by atoms with Crippen molar-refractivity contribution in [1.82, 2.24) is 14.9 Å². The van der Waals surface area contributed by atoms with Crippen molar-refractivity contribution in [2.75, 3.05) is 31.6 Å². The molecule has 0 aliphatic carbocycles. The molecule has 1 aromatic heterocycles. The van der Waals surface area contributed by atoms with Gasteiger partial charge in [0.15, 0.2) is 0 Å². The molecule has 0 radical (unpaired) electrons. The highest BCUT2D eigenvalue weighted by molar-refractivity contribution is 5.94. The molecule has 1 N–H and O–H groups in total. The van der Waals surface area contributed by atoms with E-state index >= 15 is 0 Å². The van der Waals surface area contributed by atoms with Crippen LogP contribution in [0.4, 0.5) is 5.82 Å². The summed E-state index contributed by atoms with van der Waals surface area (Å²) in [5.41, 5.74) is 1.98. The van der Waals surface area contributed by atoms with E-state index in [4.69, 9.17) is 4.74 Å². The Hall–Kier alpha value is -2.21. The first kappa shape index (κ1) is 16.6. The van der Waals surface area contributed by atoms with Crippen LogP contribution in [0, 0.1) is 12.8 Å². The van der Waals surface area contributed by atoms with Gasteiger partial charge in [0.05, 0.1) is 18.7 Å². The number of aryl methyl sites for hydroxylation is 1. The van der Waals surface area contributed by atoms with Crippen LogP contribution in [0.1, 0.15) is 19.4 Å². The molecule has 1 fully saturated rings. The quantitative estimate of drug-likeness (QED) is 0.932. The molecule has 1 amide bonds. The number of nitrogens with one attached hydrogen (secondary N) is 1. The van der Waals surface area contributed by atoms with E-state index in [-0.39, 0.29) is 17.9 Å². The number of carbonyl (C=O) groups excluding carboxylic acids is 1. The van der Waals surface area contributed by atoms with Gasteiger partial charge in [0, 0.05) is 18.5 Å². The van der Waals surface area contributed by atoms with Crippen LogP contribution < -0.4 is 5.32 Å². The van der Waals surface area contributed by atoms with E-state index in [9.17, 15) is 4.79 Å². The predicted molar refractivity (Wildman–Crippen MR) is 93.9 cm³/mol. The van der Waals surface area contributed by atoms with E-state index < -0.39 is 0 Å². The van der Waals surface area contributed by atoms with Crippen LogP contribution >= 0.6 is 0 Å². The van der Waals surface area contributed by atoms with Crippen molar-refractivity contribution >= 4 is 22.6 Å². The molecular weight excluding hydrogens is 304 g/mol. The molecule has 0 saturated carbocycles. The zero-order valence-electron chi connectivity index (χ0n) is 14.5. The average Bonchev–Trinajstić information content (AvgIpc) is 2.60. The third kappa shape index (κ3) is 3.33. The Kier molecular flexibility index (Phi) is 4.94. The Balaban J connectivity index is 1.90. The maximum Gasteiger partial charge on any atom is 0.245 e. The summed E-state index contributed by atoms with van der Waals surface area (Å²) in [7, 11) is 0. The number of rotatable bonds is 4. The van der Waals surface area contributed by atoms with E-state index in [2.05, 4.69) is 15.3 Å². The molecule has 6 nitrogen and oxygen atoms in total. The zero-order valence-corrected chi connectivity index (χ0v) is 14.5. The molecule has 6 heteroatoms. The van der Waals surface area contributed by atoms with E-state index in [0.29, 0.717) is 26.3 Å². The Bertz CT molecular complexity index is 721. The smallest absolute Gasteiger partial charge is 0.245 e. The Labute approximate surface area is 142 Å². The predicted octanol–water partition coefficient (Wildman–Crippen LogP) is 2.23. The number of ether oxygens (including phenoxy) is 1. The highest BCUT2D eigenvalue weighted by atomic mass is 16.5. The van der Waals surface area contributed by atoms with Gasteiger partial charge in [0.2, 0.25) is 5.91 Å². The van der Waals surface area contributed by atoms with E-state index in [1.165, 1.54) is 0 Å². The number of fused-ring (bicyclic) bond motifs is 1. The van der Waals surface area contributed by atoms with E-state index in [1.54, 1.807) is 6.33 Å². The molecule has 1 aliphatic heterocycles. The number of carbonyl (C=O) groups is 1. The number of morpholine rings is 1. The van der Waals surface area contributed by atoms with Crippen LogP contribution in [0.2, 0.25) is 0 Å². The molecule has 2 heterocycles. The minimum absolute atomic E-state index is 0.105. The molecule has 24 heavy (non-hydrogen) atoms. The SMILES string of the molecule is Cc1cccc2ncnc(NC(C(=O)N3CCOCC3)C(C)C)c12. The lowest BCUT2D eigenvalue weighted by Gasteiger charge is -2.32. The van der Waals surface area contributed by atoms with Gasteiger partial charge >= 0.3 is 0 Å². The van der Waals surface area contributed by atoms with Crippen molar-refractivity contribution < 1.29 is 9.53 Å². The first-order valence-electron chi connectivity index (χ1n) is 8.41. The van der Waals surface area contributed by atoms with Crippen molar-refractivity contribution in [3.8, 4) is 0 Å². The van der Waals surface area contributed by atoms with Crippen molar-refractivity contribution in [3.05, 3.63) is 30.1 Å². The number of hydrogen-bond donors (Lipinski definition) is 1. The van der Waals surface area contributed by atoms with Gasteiger partial charge in [-0.1, -0.05) is 26.0 Å². The maximum atomic E-state index is 12.9. The second-order valence-electron chi connectivity index (χ2n) is 6.49. The minimum atomic E-state index is -0.319. The summed E-state index contributed by atoms with van der Waals surface area (Å²) >= 11 is 0. The first-order valence-corrected chi connectivity index (χ1v) is 8.41. The van der Waals surface area contributed by atoms with Crippen molar-refractivity contribution in [3.63, 3.8) is 0 Å². The highest BCUT2D eigenvalue weighted by Gasteiger charge is 2.29. The van der Waals surface area contributed by atoms with E-state index in [0.717, 1.165) is 22.3 Å². The fourth-order valence-corrected chi connectivity index (χ4v) is 3.03. The van der Waals surface area contributed by atoms with Gasteiger partial charge < -0.3 is 15.0 Å². The monoisotopic (exact) mass is 328 g/mol. The topological polar surface area (TPSA) is 67.4 Å². The summed E-state index contributed by atoms with van der Waals surface area (Å²) in [6, 6.07) is 5.66. The molecule has 128 valence electrons. The molecule has 3 rings (SSSR count). The highest BCUT2D eigenvalue weighted by Crippen LogP contribution is 2.25. The Morgan fingerprint density at radius 3 is 2.71 bits per heavy atom. The zero-order chi connectivity index (χ0) is 17.1. The molecule has 1 aromatic carbocycles. The molecule has 1 atom stereocenters. The summed E-state index contributed by atoms with van der Waals surface area (Å²) in [4.78, 5) is 23.5. The minimum Gasteiger partial charge on any atom is -0.378 e. The normalized spacial score (nSPS) is 16.4. The standard InChI is InChI=1S/C18H24N4O2/c1-12(2)16(18(23)22-7-9-24-10-8-22)21-17-15-13(3)5-4-6-14(15)19-11-20-17/h4-6,11-12,16H,7-10H2,1-3H3,(H,19,20,21).